The number of carboxylic acids is 1. The van der Waals surface area contributed by atoms with Crippen molar-refractivity contribution in [3.63, 3.8) is 0 Å². The molecule has 17 heavy (non-hydrogen) atoms. The molecule has 1 aromatic carbocycles. The molecule has 0 aliphatic rings. The monoisotopic (exact) mass is 231 g/mol. The summed E-state index contributed by atoms with van der Waals surface area (Å²) in [6.07, 6.45) is 2.99. The lowest BCUT2D eigenvalue weighted by Gasteiger charge is -2.11. The van der Waals surface area contributed by atoms with E-state index in [1.165, 1.54) is 5.56 Å². The first-order valence-corrected chi connectivity index (χ1v) is 5.91. The fraction of sp³-hybridized carbons (Fsp3) is 0.357. The van der Waals surface area contributed by atoms with E-state index in [1.807, 2.05) is 19.2 Å². The summed E-state index contributed by atoms with van der Waals surface area (Å²) in [5.74, 6) is -0.651. The molecule has 0 saturated heterocycles. The molecule has 2 aromatic rings. The molecule has 3 heteroatoms. The molecule has 3 nitrogen and oxygen atoms in total. The molecule has 1 heterocycles. The number of carbonyl (C=O) groups is 1. The zero-order valence-corrected chi connectivity index (χ0v) is 10.2. The number of para-hydroxylation sites is 1. The number of nitrogens with one attached hydrogen (secondary N) is 1. The van der Waals surface area contributed by atoms with Crippen molar-refractivity contribution in [2.24, 2.45) is 0 Å². The minimum Gasteiger partial charge on any atom is -0.481 e. The van der Waals surface area contributed by atoms with Gasteiger partial charge >= 0.3 is 5.97 Å². The zero-order chi connectivity index (χ0) is 12.4. The third-order valence-electron chi connectivity index (χ3n) is 3.31. The van der Waals surface area contributed by atoms with Gasteiger partial charge < -0.3 is 10.1 Å². The second kappa shape index (κ2) is 4.62. The van der Waals surface area contributed by atoms with Gasteiger partial charge in [0.25, 0.3) is 0 Å². The van der Waals surface area contributed by atoms with Gasteiger partial charge in [0.15, 0.2) is 0 Å². The van der Waals surface area contributed by atoms with Crippen LogP contribution in [0.5, 0.6) is 0 Å². The van der Waals surface area contributed by atoms with Crippen molar-refractivity contribution in [1.29, 1.82) is 0 Å². The summed E-state index contributed by atoms with van der Waals surface area (Å²) in [4.78, 5) is 14.1. The lowest BCUT2D eigenvalue weighted by molar-refractivity contribution is -0.137. The molecule has 0 aliphatic heterocycles. The molecule has 2 rings (SSSR count). The number of benzene rings is 1. The van der Waals surface area contributed by atoms with Gasteiger partial charge in [0, 0.05) is 17.1 Å². The van der Waals surface area contributed by atoms with E-state index in [-0.39, 0.29) is 12.3 Å². The highest BCUT2D eigenvalue weighted by atomic mass is 16.4. The van der Waals surface area contributed by atoms with Crippen LogP contribution < -0.4 is 0 Å². The molecule has 0 fully saturated rings. The Morgan fingerprint density at radius 3 is 2.88 bits per heavy atom. The van der Waals surface area contributed by atoms with Gasteiger partial charge in [0.1, 0.15) is 0 Å². The van der Waals surface area contributed by atoms with Gasteiger partial charge in [0.05, 0.1) is 6.42 Å². The number of H-pyrrole nitrogens is 1. The Balaban J connectivity index is 2.47. The smallest absolute Gasteiger partial charge is 0.303 e. The quantitative estimate of drug-likeness (QED) is 0.846. The number of rotatable bonds is 4. The Kier molecular flexibility index (Phi) is 3.18. The topological polar surface area (TPSA) is 53.1 Å². The number of fused-ring (bicyclic) bond motifs is 1. The molecule has 90 valence electrons. The van der Waals surface area contributed by atoms with Gasteiger partial charge in [0.2, 0.25) is 0 Å². The summed E-state index contributed by atoms with van der Waals surface area (Å²) in [6.45, 7) is 4.09. The molecule has 1 unspecified atom stereocenters. The van der Waals surface area contributed by atoms with E-state index in [9.17, 15) is 4.79 Å². The highest BCUT2D eigenvalue weighted by Crippen LogP contribution is 2.31. The Hall–Kier alpha value is -1.77. The van der Waals surface area contributed by atoms with Crippen molar-refractivity contribution in [2.45, 2.75) is 32.6 Å². The maximum atomic E-state index is 10.9. The first-order chi connectivity index (χ1) is 8.13. The first-order valence-electron chi connectivity index (χ1n) is 5.91. The predicted molar refractivity (Wildman–Crippen MR) is 68.3 cm³/mol. The molecule has 1 aromatic heterocycles. The van der Waals surface area contributed by atoms with Crippen LogP contribution >= 0.6 is 0 Å². The van der Waals surface area contributed by atoms with Crippen LogP contribution in [0.2, 0.25) is 0 Å². The third-order valence-corrected chi connectivity index (χ3v) is 3.31. The van der Waals surface area contributed by atoms with Crippen molar-refractivity contribution in [1.82, 2.24) is 4.98 Å². The number of aliphatic carboxylic acids is 1. The van der Waals surface area contributed by atoms with Crippen LogP contribution in [-0.2, 0) is 4.79 Å². The fourth-order valence-electron chi connectivity index (χ4n) is 2.35. The summed E-state index contributed by atoms with van der Waals surface area (Å²) >= 11 is 0. The Morgan fingerprint density at radius 1 is 1.47 bits per heavy atom. The van der Waals surface area contributed by atoms with Crippen LogP contribution in [-0.4, -0.2) is 16.1 Å². The Bertz CT molecular complexity index is 542. The molecular formula is C14H17NO2. The van der Waals surface area contributed by atoms with Crippen LogP contribution in [0.25, 0.3) is 10.9 Å². The molecule has 2 N–H and O–H groups in total. The summed E-state index contributed by atoms with van der Waals surface area (Å²) < 4.78 is 0. The Morgan fingerprint density at radius 2 is 2.24 bits per heavy atom. The second-order valence-corrected chi connectivity index (χ2v) is 4.44. The molecule has 0 aliphatic carbocycles. The van der Waals surface area contributed by atoms with Gasteiger partial charge in [-0.05, 0) is 30.4 Å². The van der Waals surface area contributed by atoms with Crippen LogP contribution in [0.4, 0.5) is 0 Å². The maximum absolute atomic E-state index is 10.9. The van der Waals surface area contributed by atoms with Crippen molar-refractivity contribution < 1.29 is 9.90 Å². The van der Waals surface area contributed by atoms with Crippen molar-refractivity contribution >= 4 is 16.9 Å². The van der Waals surface area contributed by atoms with Crippen LogP contribution in [0.1, 0.15) is 36.8 Å². The van der Waals surface area contributed by atoms with E-state index in [2.05, 4.69) is 24.0 Å². The van der Waals surface area contributed by atoms with E-state index in [0.717, 1.165) is 22.9 Å². The lowest BCUT2D eigenvalue weighted by atomic mass is 9.92. The number of hydrogen-bond donors (Lipinski definition) is 2. The average Bonchev–Trinajstić information content (AvgIpc) is 2.71. The summed E-state index contributed by atoms with van der Waals surface area (Å²) in [5, 5.41) is 10.1. The minimum atomic E-state index is -0.737. The van der Waals surface area contributed by atoms with Crippen LogP contribution in [0.15, 0.2) is 24.4 Å². The molecule has 0 amide bonds. The van der Waals surface area contributed by atoms with Crippen molar-refractivity contribution in [3.05, 3.63) is 35.5 Å². The standard InChI is InChI=1S/C14H17NO2/c1-3-10(7-13(16)17)12-8-15-14-9(2)5-4-6-11(12)14/h4-6,8,10,15H,3,7H2,1-2H3,(H,16,17). The van der Waals surface area contributed by atoms with Gasteiger partial charge in [-0.2, -0.15) is 0 Å². The van der Waals surface area contributed by atoms with Crippen molar-refractivity contribution in [3.8, 4) is 0 Å². The molecular weight excluding hydrogens is 214 g/mol. The van der Waals surface area contributed by atoms with Gasteiger partial charge in [-0.25, -0.2) is 0 Å². The van der Waals surface area contributed by atoms with Gasteiger partial charge in [-0.3, -0.25) is 4.79 Å². The van der Waals surface area contributed by atoms with Crippen LogP contribution in [0, 0.1) is 6.92 Å². The highest BCUT2D eigenvalue weighted by Gasteiger charge is 2.17. The number of carboxylic acid groups (broad SMARTS) is 1. The summed E-state index contributed by atoms with van der Waals surface area (Å²) in [7, 11) is 0. The number of hydrogen-bond acceptors (Lipinski definition) is 1. The summed E-state index contributed by atoms with van der Waals surface area (Å²) in [6, 6.07) is 6.13. The van der Waals surface area contributed by atoms with E-state index < -0.39 is 5.97 Å². The number of aromatic amines is 1. The molecule has 0 saturated carbocycles. The van der Waals surface area contributed by atoms with E-state index in [0.29, 0.717) is 0 Å². The predicted octanol–water partition coefficient (Wildman–Crippen LogP) is 3.44. The van der Waals surface area contributed by atoms with E-state index in [4.69, 9.17) is 5.11 Å². The molecule has 0 radical (unpaired) electrons. The maximum Gasteiger partial charge on any atom is 0.303 e. The van der Waals surface area contributed by atoms with E-state index >= 15 is 0 Å². The fourth-order valence-corrected chi connectivity index (χ4v) is 2.35. The second-order valence-electron chi connectivity index (χ2n) is 4.44. The number of aromatic nitrogens is 1. The van der Waals surface area contributed by atoms with Crippen molar-refractivity contribution in [2.75, 3.05) is 0 Å². The normalized spacial score (nSPS) is 12.8. The SMILES string of the molecule is CCC(CC(=O)O)c1c[nH]c2c(C)cccc12. The largest absolute Gasteiger partial charge is 0.481 e. The van der Waals surface area contributed by atoms with Gasteiger partial charge in [-0.1, -0.05) is 25.1 Å². The summed E-state index contributed by atoms with van der Waals surface area (Å²) in [5.41, 5.74) is 3.43. The zero-order valence-electron chi connectivity index (χ0n) is 10.2. The first kappa shape index (κ1) is 11.7. The van der Waals surface area contributed by atoms with E-state index in [1.54, 1.807) is 0 Å². The molecule has 0 bridgehead atoms. The minimum absolute atomic E-state index is 0.0862. The van der Waals surface area contributed by atoms with Gasteiger partial charge in [-0.15, -0.1) is 0 Å². The molecule has 1 atom stereocenters. The Labute approximate surface area is 100 Å². The van der Waals surface area contributed by atoms with Crippen LogP contribution in [0.3, 0.4) is 0 Å². The third kappa shape index (κ3) is 2.18. The average molecular weight is 231 g/mol. The highest BCUT2D eigenvalue weighted by molar-refractivity contribution is 5.86. The number of aryl methyl sites for hydroxylation is 1. The molecule has 0 spiro atoms. The lowest BCUT2D eigenvalue weighted by Crippen LogP contribution is -2.04.